The zero-order valence-corrected chi connectivity index (χ0v) is 12.1. The van der Waals surface area contributed by atoms with Crippen LogP contribution in [0.2, 0.25) is 0 Å². The van der Waals surface area contributed by atoms with E-state index in [1.54, 1.807) is 6.20 Å². The Bertz CT molecular complexity index is 711. The summed E-state index contributed by atoms with van der Waals surface area (Å²) >= 11 is 5.88. The van der Waals surface area contributed by atoms with E-state index in [2.05, 4.69) is 17.1 Å². The van der Waals surface area contributed by atoms with Gasteiger partial charge in [0.2, 0.25) is 5.88 Å². The van der Waals surface area contributed by atoms with Gasteiger partial charge in [-0.1, -0.05) is 48.5 Å². The Morgan fingerprint density at radius 2 is 1.52 bits per heavy atom. The zero-order chi connectivity index (χ0) is 14.5. The highest BCUT2D eigenvalue weighted by atomic mass is 35.5. The minimum Gasteiger partial charge on any atom is -0.439 e. The van der Waals surface area contributed by atoms with Crippen LogP contribution in [0.25, 0.3) is 11.1 Å². The topological polar surface area (TPSA) is 22.1 Å². The van der Waals surface area contributed by atoms with E-state index in [9.17, 15) is 0 Å². The van der Waals surface area contributed by atoms with Crippen molar-refractivity contribution in [2.24, 2.45) is 0 Å². The molecule has 3 heteroatoms. The van der Waals surface area contributed by atoms with Gasteiger partial charge in [0.1, 0.15) is 5.75 Å². The van der Waals surface area contributed by atoms with Crippen LogP contribution in [-0.4, -0.2) is 4.98 Å². The fourth-order valence-corrected chi connectivity index (χ4v) is 2.28. The van der Waals surface area contributed by atoms with Crippen LogP contribution in [0, 0.1) is 0 Å². The van der Waals surface area contributed by atoms with Gasteiger partial charge in [-0.2, -0.15) is 0 Å². The van der Waals surface area contributed by atoms with Crippen LogP contribution in [0.4, 0.5) is 0 Å². The van der Waals surface area contributed by atoms with Crippen LogP contribution < -0.4 is 4.74 Å². The molecule has 3 aromatic rings. The molecule has 104 valence electrons. The first kappa shape index (κ1) is 13.7. The van der Waals surface area contributed by atoms with Gasteiger partial charge in [0.25, 0.3) is 0 Å². The molecule has 0 N–H and O–H groups in total. The van der Waals surface area contributed by atoms with Gasteiger partial charge >= 0.3 is 0 Å². The minimum atomic E-state index is 0.380. The quantitative estimate of drug-likeness (QED) is 0.611. The number of hydrogen-bond donors (Lipinski definition) is 0. The van der Waals surface area contributed by atoms with Gasteiger partial charge in [-0.25, -0.2) is 4.98 Å². The molecular formula is C18H14ClNO. The molecule has 0 fully saturated rings. The summed E-state index contributed by atoms with van der Waals surface area (Å²) in [7, 11) is 0. The Morgan fingerprint density at radius 1 is 0.810 bits per heavy atom. The molecule has 0 radical (unpaired) electrons. The van der Waals surface area contributed by atoms with E-state index < -0.39 is 0 Å². The number of nitrogens with zero attached hydrogens (tertiary/aromatic N) is 1. The van der Waals surface area contributed by atoms with Gasteiger partial charge in [-0.15, -0.1) is 11.6 Å². The third-order valence-electron chi connectivity index (χ3n) is 3.17. The third kappa shape index (κ3) is 3.23. The molecule has 0 saturated carbocycles. The lowest BCUT2D eigenvalue weighted by atomic mass is 10.1. The second-order valence-electron chi connectivity index (χ2n) is 4.59. The van der Waals surface area contributed by atoms with Gasteiger partial charge in [0.05, 0.1) is 5.88 Å². The summed E-state index contributed by atoms with van der Waals surface area (Å²) in [6, 6.07) is 21.9. The first-order chi connectivity index (χ1) is 10.4. The standard InChI is InChI=1S/C18H14ClNO/c19-13-16-7-4-12-20-18(16)21-17-10-8-15(9-11-17)14-5-2-1-3-6-14/h1-12H,13H2. The van der Waals surface area contributed by atoms with Crippen molar-refractivity contribution in [1.82, 2.24) is 4.98 Å². The maximum Gasteiger partial charge on any atom is 0.223 e. The van der Waals surface area contributed by atoms with Crippen molar-refractivity contribution in [1.29, 1.82) is 0 Å². The van der Waals surface area contributed by atoms with Crippen LogP contribution in [0.5, 0.6) is 11.6 Å². The normalized spacial score (nSPS) is 10.3. The number of rotatable bonds is 4. The van der Waals surface area contributed by atoms with Crippen molar-refractivity contribution in [3.05, 3.63) is 78.5 Å². The maximum atomic E-state index is 5.88. The molecule has 0 atom stereocenters. The fraction of sp³-hybridized carbons (Fsp3) is 0.0556. The average molecular weight is 296 g/mol. The molecule has 0 saturated heterocycles. The Morgan fingerprint density at radius 3 is 2.24 bits per heavy atom. The second-order valence-corrected chi connectivity index (χ2v) is 4.86. The van der Waals surface area contributed by atoms with Gasteiger partial charge in [0, 0.05) is 11.8 Å². The second kappa shape index (κ2) is 6.42. The molecule has 2 nitrogen and oxygen atoms in total. The molecular weight excluding hydrogens is 282 g/mol. The molecule has 1 aromatic heterocycles. The predicted octanol–water partition coefficient (Wildman–Crippen LogP) is 5.28. The summed E-state index contributed by atoms with van der Waals surface area (Å²) in [5.74, 6) is 1.69. The highest BCUT2D eigenvalue weighted by Gasteiger charge is 2.05. The maximum absolute atomic E-state index is 5.88. The molecule has 0 unspecified atom stereocenters. The highest BCUT2D eigenvalue weighted by molar-refractivity contribution is 6.17. The van der Waals surface area contributed by atoms with Gasteiger partial charge in [-0.3, -0.25) is 0 Å². The number of halogens is 1. The Labute approximate surface area is 129 Å². The molecule has 0 aliphatic rings. The van der Waals surface area contributed by atoms with Gasteiger partial charge in [0.15, 0.2) is 0 Å². The van der Waals surface area contributed by atoms with Crippen molar-refractivity contribution in [2.45, 2.75) is 5.88 Å². The number of aromatic nitrogens is 1. The molecule has 0 aliphatic heterocycles. The molecule has 21 heavy (non-hydrogen) atoms. The molecule has 2 aromatic carbocycles. The average Bonchev–Trinajstić information content (AvgIpc) is 2.57. The lowest BCUT2D eigenvalue weighted by Crippen LogP contribution is -1.92. The van der Waals surface area contributed by atoms with Gasteiger partial charge < -0.3 is 4.74 Å². The Kier molecular flexibility index (Phi) is 4.17. The van der Waals surface area contributed by atoms with Crippen molar-refractivity contribution < 1.29 is 4.74 Å². The number of alkyl halides is 1. The molecule has 0 bridgehead atoms. The summed E-state index contributed by atoms with van der Waals surface area (Å²) in [5, 5.41) is 0. The van der Waals surface area contributed by atoms with E-state index in [1.165, 1.54) is 5.56 Å². The molecule has 1 heterocycles. The van der Waals surface area contributed by atoms with Crippen molar-refractivity contribution >= 4 is 11.6 Å². The SMILES string of the molecule is ClCc1cccnc1Oc1ccc(-c2ccccc2)cc1. The number of hydrogen-bond acceptors (Lipinski definition) is 2. The summed E-state index contributed by atoms with van der Waals surface area (Å²) in [6.45, 7) is 0. The molecule has 3 rings (SSSR count). The molecule has 0 amide bonds. The van der Waals surface area contributed by atoms with E-state index >= 15 is 0 Å². The van der Waals surface area contributed by atoms with Crippen molar-refractivity contribution in [3.63, 3.8) is 0 Å². The predicted molar refractivity (Wildman–Crippen MR) is 85.7 cm³/mol. The summed E-state index contributed by atoms with van der Waals surface area (Å²) in [6.07, 6.45) is 1.70. The van der Waals surface area contributed by atoms with E-state index in [0.29, 0.717) is 11.8 Å². The first-order valence-electron chi connectivity index (χ1n) is 6.70. The molecule has 0 aliphatic carbocycles. The lowest BCUT2D eigenvalue weighted by Gasteiger charge is -2.08. The van der Waals surface area contributed by atoms with E-state index in [4.69, 9.17) is 16.3 Å². The number of ether oxygens (including phenoxy) is 1. The van der Waals surface area contributed by atoms with Crippen LogP contribution in [0.3, 0.4) is 0 Å². The van der Waals surface area contributed by atoms with E-state index in [0.717, 1.165) is 16.9 Å². The summed E-state index contributed by atoms with van der Waals surface area (Å²) < 4.78 is 5.80. The van der Waals surface area contributed by atoms with Crippen LogP contribution >= 0.6 is 11.6 Å². The molecule has 0 spiro atoms. The highest BCUT2D eigenvalue weighted by Crippen LogP contribution is 2.27. The fourth-order valence-electron chi connectivity index (χ4n) is 2.08. The summed E-state index contributed by atoms with van der Waals surface area (Å²) in [4.78, 5) is 4.22. The van der Waals surface area contributed by atoms with Crippen molar-refractivity contribution in [3.8, 4) is 22.8 Å². The van der Waals surface area contributed by atoms with Crippen LogP contribution in [0.15, 0.2) is 72.9 Å². The Balaban J connectivity index is 1.82. The van der Waals surface area contributed by atoms with Crippen LogP contribution in [-0.2, 0) is 5.88 Å². The largest absolute Gasteiger partial charge is 0.439 e. The minimum absolute atomic E-state index is 0.380. The lowest BCUT2D eigenvalue weighted by molar-refractivity contribution is 0.458. The smallest absolute Gasteiger partial charge is 0.223 e. The number of benzene rings is 2. The summed E-state index contributed by atoms with van der Waals surface area (Å²) in [5.41, 5.74) is 3.22. The van der Waals surface area contributed by atoms with Crippen molar-refractivity contribution in [2.75, 3.05) is 0 Å². The first-order valence-corrected chi connectivity index (χ1v) is 7.23. The zero-order valence-electron chi connectivity index (χ0n) is 11.4. The monoisotopic (exact) mass is 295 g/mol. The number of pyridine rings is 1. The Hall–Kier alpha value is -2.32. The third-order valence-corrected chi connectivity index (χ3v) is 3.46. The van der Waals surface area contributed by atoms with E-state index in [-0.39, 0.29) is 0 Å². The van der Waals surface area contributed by atoms with Gasteiger partial charge in [-0.05, 0) is 29.3 Å². The van der Waals surface area contributed by atoms with Crippen LogP contribution in [0.1, 0.15) is 5.56 Å². The van der Waals surface area contributed by atoms with E-state index in [1.807, 2.05) is 54.6 Å².